The second-order valence-corrected chi connectivity index (χ2v) is 10.9. The molecular formula is C33H35FN2O2. The van der Waals surface area contributed by atoms with Gasteiger partial charge in [-0.3, -0.25) is 9.59 Å². The molecule has 0 saturated heterocycles. The van der Waals surface area contributed by atoms with E-state index >= 15 is 0 Å². The topological polar surface area (TPSA) is 40.6 Å². The zero-order valence-corrected chi connectivity index (χ0v) is 22.2. The van der Waals surface area contributed by atoms with Gasteiger partial charge in [0, 0.05) is 31.4 Å². The van der Waals surface area contributed by atoms with E-state index in [-0.39, 0.29) is 17.6 Å². The lowest BCUT2D eigenvalue weighted by Crippen LogP contribution is -2.38. The molecule has 0 aromatic heterocycles. The summed E-state index contributed by atoms with van der Waals surface area (Å²) < 4.78 is 24.0. The van der Waals surface area contributed by atoms with Gasteiger partial charge in [-0.1, -0.05) is 48.9 Å². The number of rotatable bonds is 8. The van der Waals surface area contributed by atoms with Crippen LogP contribution in [0.5, 0.6) is 0 Å². The summed E-state index contributed by atoms with van der Waals surface area (Å²) in [6.45, 7) is 0.398. The lowest BCUT2D eigenvalue weighted by molar-refractivity contribution is -0.124. The quantitative estimate of drug-likeness (QED) is 0.302. The summed E-state index contributed by atoms with van der Waals surface area (Å²) in [5.41, 5.74) is 4.68. The molecule has 196 valence electrons. The summed E-state index contributed by atoms with van der Waals surface area (Å²) in [6.07, 6.45) is 7.02. The highest BCUT2D eigenvalue weighted by Crippen LogP contribution is 2.49. The van der Waals surface area contributed by atoms with Gasteiger partial charge in [0.05, 0.1) is 7.89 Å². The number of amides is 1. The van der Waals surface area contributed by atoms with E-state index < -0.39 is 12.3 Å². The molecule has 0 heterocycles. The molecule has 0 aliphatic heterocycles. The first-order chi connectivity index (χ1) is 18.7. The molecule has 2 saturated carbocycles. The third kappa shape index (κ3) is 5.72. The average Bonchev–Trinajstić information content (AvgIpc) is 3.56. The SMILES string of the molecule is [2H][C@H](c1ccc(-c2ccc(N(C)C)cc2)cc1)N(C(=O)[C@@H]1C[C@@H]2CC[C@H]1C2)c1cc(F)cc(/C=C/C(C)=O)c1. The van der Waals surface area contributed by atoms with Crippen molar-refractivity contribution in [3.63, 3.8) is 0 Å². The van der Waals surface area contributed by atoms with Crippen LogP contribution in [0.15, 0.2) is 72.8 Å². The monoisotopic (exact) mass is 511 g/mol. The van der Waals surface area contributed by atoms with Crippen molar-refractivity contribution in [1.29, 1.82) is 0 Å². The van der Waals surface area contributed by atoms with Crippen molar-refractivity contribution < 1.29 is 15.4 Å². The zero-order valence-electron chi connectivity index (χ0n) is 23.2. The molecule has 0 radical (unpaired) electrons. The van der Waals surface area contributed by atoms with Gasteiger partial charge >= 0.3 is 0 Å². The Bertz CT molecular complexity index is 1380. The number of ketones is 1. The molecule has 38 heavy (non-hydrogen) atoms. The lowest BCUT2D eigenvalue weighted by atomic mass is 9.87. The largest absolute Gasteiger partial charge is 0.378 e. The minimum atomic E-state index is -1.03. The Morgan fingerprint density at radius 2 is 1.63 bits per heavy atom. The predicted molar refractivity (Wildman–Crippen MR) is 152 cm³/mol. The van der Waals surface area contributed by atoms with Crippen LogP contribution in [-0.2, 0) is 16.1 Å². The summed E-state index contributed by atoms with van der Waals surface area (Å²) in [5.74, 6) is -0.0241. The molecule has 3 aromatic rings. The highest BCUT2D eigenvalue weighted by Gasteiger charge is 2.44. The van der Waals surface area contributed by atoms with E-state index in [0.29, 0.717) is 28.7 Å². The molecule has 3 aromatic carbocycles. The maximum atomic E-state index is 14.8. The number of carbonyl (C=O) groups is 2. The van der Waals surface area contributed by atoms with Crippen LogP contribution in [0.2, 0.25) is 0 Å². The number of hydrogen-bond acceptors (Lipinski definition) is 3. The van der Waals surface area contributed by atoms with Gasteiger partial charge < -0.3 is 9.80 Å². The fraction of sp³-hybridized carbons (Fsp3) is 0.333. The highest BCUT2D eigenvalue weighted by atomic mass is 19.1. The minimum absolute atomic E-state index is 0.113. The second-order valence-electron chi connectivity index (χ2n) is 10.9. The van der Waals surface area contributed by atoms with Crippen molar-refractivity contribution >= 4 is 29.1 Å². The van der Waals surface area contributed by atoms with Crippen LogP contribution >= 0.6 is 0 Å². The molecule has 2 aliphatic rings. The second kappa shape index (κ2) is 10.9. The summed E-state index contributed by atoms with van der Waals surface area (Å²) in [7, 11) is 4.01. The number of halogens is 1. The maximum Gasteiger partial charge on any atom is 0.230 e. The van der Waals surface area contributed by atoms with Crippen molar-refractivity contribution in [3.8, 4) is 11.1 Å². The molecule has 2 fully saturated rings. The van der Waals surface area contributed by atoms with Gasteiger partial charge in [-0.25, -0.2) is 4.39 Å². The summed E-state index contributed by atoms with van der Waals surface area (Å²) in [4.78, 5) is 29.0. The molecule has 5 heteroatoms. The number of allylic oxidation sites excluding steroid dienone is 1. The first kappa shape index (κ1) is 24.6. The third-order valence-electron chi connectivity index (χ3n) is 7.89. The Hall–Kier alpha value is -3.73. The molecule has 2 aliphatic carbocycles. The van der Waals surface area contributed by atoms with Gasteiger partial charge in [-0.15, -0.1) is 0 Å². The van der Waals surface area contributed by atoms with E-state index in [9.17, 15) is 15.4 Å². The van der Waals surface area contributed by atoms with Crippen LogP contribution in [0.25, 0.3) is 17.2 Å². The Morgan fingerprint density at radius 3 is 2.21 bits per heavy atom. The van der Waals surface area contributed by atoms with E-state index in [4.69, 9.17) is 0 Å². The van der Waals surface area contributed by atoms with E-state index in [1.54, 1.807) is 12.1 Å². The van der Waals surface area contributed by atoms with Crippen LogP contribution in [0.4, 0.5) is 15.8 Å². The highest BCUT2D eigenvalue weighted by molar-refractivity contribution is 5.96. The van der Waals surface area contributed by atoms with Crippen LogP contribution in [-0.4, -0.2) is 25.8 Å². The number of nitrogens with zero attached hydrogens (tertiary/aromatic N) is 2. The minimum Gasteiger partial charge on any atom is -0.378 e. The van der Waals surface area contributed by atoms with Crippen molar-refractivity contribution in [2.24, 2.45) is 17.8 Å². The fourth-order valence-electron chi connectivity index (χ4n) is 5.90. The van der Waals surface area contributed by atoms with Gasteiger partial charge in [-0.05, 0) is 96.7 Å². The van der Waals surface area contributed by atoms with Gasteiger partial charge in [0.15, 0.2) is 5.78 Å². The van der Waals surface area contributed by atoms with E-state index in [1.807, 2.05) is 43.3 Å². The summed E-state index contributed by atoms with van der Waals surface area (Å²) in [5, 5.41) is 0. The Morgan fingerprint density at radius 1 is 0.947 bits per heavy atom. The van der Waals surface area contributed by atoms with Gasteiger partial charge in [-0.2, -0.15) is 0 Å². The van der Waals surface area contributed by atoms with Crippen LogP contribution in [0, 0.1) is 23.6 Å². The number of carbonyl (C=O) groups excluding carboxylic acids is 2. The van der Waals surface area contributed by atoms with Crippen LogP contribution in [0.3, 0.4) is 0 Å². The van der Waals surface area contributed by atoms with Gasteiger partial charge in [0.2, 0.25) is 5.91 Å². The normalized spacial score (nSPS) is 21.4. The Kier molecular flexibility index (Phi) is 7.08. The molecule has 4 atom stereocenters. The number of hydrogen-bond donors (Lipinski definition) is 0. The number of anilines is 2. The fourth-order valence-corrected chi connectivity index (χ4v) is 5.90. The Labute approximate surface area is 226 Å². The summed E-state index contributed by atoms with van der Waals surface area (Å²) in [6, 6.07) is 20.3. The van der Waals surface area contributed by atoms with Crippen molar-refractivity contribution in [2.45, 2.75) is 39.1 Å². The van der Waals surface area contributed by atoms with Crippen LogP contribution < -0.4 is 9.80 Å². The average molecular weight is 512 g/mol. The maximum absolute atomic E-state index is 14.8. The molecule has 0 N–H and O–H groups in total. The third-order valence-corrected chi connectivity index (χ3v) is 7.89. The van der Waals surface area contributed by atoms with Crippen molar-refractivity contribution in [1.82, 2.24) is 0 Å². The molecule has 2 bridgehead atoms. The van der Waals surface area contributed by atoms with Crippen LogP contribution in [0.1, 0.15) is 45.1 Å². The molecular weight excluding hydrogens is 475 g/mol. The molecule has 1 amide bonds. The number of fused-ring (bicyclic) bond motifs is 2. The summed E-state index contributed by atoms with van der Waals surface area (Å²) >= 11 is 0. The molecule has 0 unspecified atom stereocenters. The Balaban J connectivity index is 1.48. The van der Waals surface area contributed by atoms with Gasteiger partial charge in [0.1, 0.15) is 5.82 Å². The smallest absolute Gasteiger partial charge is 0.230 e. The first-order valence-electron chi connectivity index (χ1n) is 13.9. The van der Waals surface area contributed by atoms with Crippen molar-refractivity contribution in [3.05, 3.63) is 89.8 Å². The standard InChI is InChI=1S/C33H35FN2O2/c1-22(37)4-5-25-17-29(34)20-31(18-25)36(33(38)32-19-24-8-11-28(32)16-24)21-23-6-9-26(10-7-23)27-12-14-30(15-13-27)35(2)3/h4-7,9-10,12-15,17-18,20,24,28,32H,8,11,16,19,21H2,1-3H3/b5-4+/t24-,28+,32-/m1/s1/i21D/t21-,24-,28+,32-. The molecule has 4 nitrogen and oxygen atoms in total. The van der Waals surface area contributed by atoms with Gasteiger partial charge in [0.25, 0.3) is 0 Å². The predicted octanol–water partition coefficient (Wildman–Crippen LogP) is 7.13. The number of benzene rings is 3. The zero-order chi connectivity index (χ0) is 27.7. The lowest BCUT2D eigenvalue weighted by Gasteiger charge is -2.30. The molecule has 5 rings (SSSR count). The van der Waals surface area contributed by atoms with E-state index in [1.165, 1.54) is 30.0 Å². The molecule has 0 spiro atoms. The first-order valence-corrected chi connectivity index (χ1v) is 13.3. The van der Waals surface area contributed by atoms with E-state index in [0.717, 1.165) is 42.5 Å². The van der Waals surface area contributed by atoms with Crippen molar-refractivity contribution in [2.75, 3.05) is 23.9 Å². The van der Waals surface area contributed by atoms with E-state index in [2.05, 4.69) is 24.3 Å².